The van der Waals surface area contributed by atoms with E-state index in [9.17, 15) is 14.4 Å². The molecule has 2 aromatic carbocycles. The zero-order chi connectivity index (χ0) is 21.3. The maximum absolute atomic E-state index is 13.0. The van der Waals surface area contributed by atoms with Gasteiger partial charge in [-0.15, -0.1) is 11.3 Å². The number of nitrogens with one attached hydrogen (secondary N) is 1. The molecule has 0 radical (unpaired) electrons. The summed E-state index contributed by atoms with van der Waals surface area (Å²) in [6.45, 7) is 0.0860. The topological polar surface area (TPSA) is 94.6 Å². The monoisotopic (exact) mass is 424 g/mol. The number of hydrogen-bond donors (Lipinski definition) is 1. The zero-order valence-corrected chi connectivity index (χ0v) is 17.1. The first kappa shape index (κ1) is 21.2. The SMILES string of the molecule is COC(=O)c1csc(C(=O)[C@H](Cc2ccccc2)NC(=O)OCc2ccccc2)n1. The molecule has 0 unspecified atom stereocenters. The predicted octanol–water partition coefficient (Wildman–Crippen LogP) is 3.65. The molecule has 1 heterocycles. The van der Waals surface area contributed by atoms with E-state index in [1.54, 1.807) is 0 Å². The molecule has 3 rings (SSSR count). The number of methoxy groups -OCH3 is 1. The van der Waals surface area contributed by atoms with E-state index in [2.05, 4.69) is 15.0 Å². The van der Waals surface area contributed by atoms with Crippen LogP contribution in [0.1, 0.15) is 31.4 Å². The number of benzene rings is 2. The Labute approximate surface area is 177 Å². The van der Waals surface area contributed by atoms with Gasteiger partial charge < -0.3 is 14.8 Å². The fourth-order valence-electron chi connectivity index (χ4n) is 2.70. The van der Waals surface area contributed by atoms with Crippen molar-refractivity contribution in [1.29, 1.82) is 0 Å². The average molecular weight is 424 g/mol. The lowest BCUT2D eigenvalue weighted by Gasteiger charge is -2.17. The van der Waals surface area contributed by atoms with Gasteiger partial charge in [-0.1, -0.05) is 60.7 Å². The quantitative estimate of drug-likeness (QED) is 0.438. The van der Waals surface area contributed by atoms with E-state index in [1.165, 1.54) is 12.5 Å². The Morgan fingerprint density at radius 2 is 1.63 bits per heavy atom. The third kappa shape index (κ3) is 5.74. The third-order valence-electron chi connectivity index (χ3n) is 4.21. The second kappa shape index (κ2) is 10.3. The molecule has 1 atom stereocenters. The van der Waals surface area contributed by atoms with Gasteiger partial charge in [-0.2, -0.15) is 0 Å². The van der Waals surface area contributed by atoms with Gasteiger partial charge in [0.15, 0.2) is 10.7 Å². The van der Waals surface area contributed by atoms with E-state index in [4.69, 9.17) is 4.74 Å². The van der Waals surface area contributed by atoms with Crippen LogP contribution in [0, 0.1) is 0 Å². The minimum Gasteiger partial charge on any atom is -0.464 e. The molecule has 0 aliphatic heterocycles. The first-order valence-electron chi connectivity index (χ1n) is 9.16. The Morgan fingerprint density at radius 3 is 2.27 bits per heavy atom. The fourth-order valence-corrected chi connectivity index (χ4v) is 3.48. The van der Waals surface area contributed by atoms with Crippen LogP contribution < -0.4 is 5.32 Å². The number of ketones is 1. The first-order chi connectivity index (χ1) is 14.6. The number of esters is 1. The number of aromatic nitrogens is 1. The highest BCUT2D eigenvalue weighted by Gasteiger charge is 2.26. The second-order valence-electron chi connectivity index (χ2n) is 6.34. The number of carbonyl (C=O) groups is 3. The highest BCUT2D eigenvalue weighted by atomic mass is 32.1. The number of alkyl carbamates (subject to hydrolysis) is 1. The normalized spacial score (nSPS) is 11.4. The van der Waals surface area contributed by atoms with Crippen molar-refractivity contribution < 1.29 is 23.9 Å². The largest absolute Gasteiger partial charge is 0.464 e. The maximum atomic E-state index is 13.0. The highest BCUT2D eigenvalue weighted by molar-refractivity contribution is 7.12. The van der Waals surface area contributed by atoms with E-state index in [0.29, 0.717) is 0 Å². The molecule has 0 saturated carbocycles. The van der Waals surface area contributed by atoms with Crippen molar-refractivity contribution in [2.75, 3.05) is 7.11 Å². The molecule has 30 heavy (non-hydrogen) atoms. The standard InChI is InChI=1S/C22H20N2O5S/c1-28-21(26)18-14-30-20(23-18)19(25)17(12-15-8-4-2-5-9-15)24-22(27)29-13-16-10-6-3-7-11-16/h2-11,14,17H,12-13H2,1H3,(H,24,27)/t17-/m0/s1. The van der Waals surface area contributed by atoms with Gasteiger partial charge >= 0.3 is 12.1 Å². The Balaban J connectivity index is 1.72. The molecule has 0 spiro atoms. The Morgan fingerprint density at radius 1 is 1.00 bits per heavy atom. The molecule has 0 aliphatic rings. The van der Waals surface area contributed by atoms with Gasteiger partial charge in [0.05, 0.1) is 7.11 Å². The number of amides is 1. The van der Waals surface area contributed by atoms with Crippen molar-refractivity contribution in [3.63, 3.8) is 0 Å². The van der Waals surface area contributed by atoms with Crippen molar-refractivity contribution in [2.45, 2.75) is 19.1 Å². The molecule has 7 nitrogen and oxygen atoms in total. The molecular weight excluding hydrogens is 404 g/mol. The zero-order valence-electron chi connectivity index (χ0n) is 16.2. The van der Waals surface area contributed by atoms with E-state index >= 15 is 0 Å². The third-order valence-corrected chi connectivity index (χ3v) is 5.07. The molecule has 1 amide bonds. The molecule has 8 heteroatoms. The van der Waals surface area contributed by atoms with Crippen LogP contribution in [0.5, 0.6) is 0 Å². The summed E-state index contributed by atoms with van der Waals surface area (Å²) < 4.78 is 9.88. The second-order valence-corrected chi connectivity index (χ2v) is 7.20. The Kier molecular flexibility index (Phi) is 7.29. The molecule has 154 valence electrons. The van der Waals surface area contributed by atoms with Crippen LogP contribution in [-0.2, 0) is 22.5 Å². The van der Waals surface area contributed by atoms with E-state index in [0.717, 1.165) is 22.5 Å². The average Bonchev–Trinajstić information content (AvgIpc) is 3.28. The molecule has 0 aliphatic carbocycles. The number of carbonyl (C=O) groups excluding carboxylic acids is 3. The van der Waals surface area contributed by atoms with Crippen LogP contribution in [0.4, 0.5) is 4.79 Å². The van der Waals surface area contributed by atoms with Crippen LogP contribution in [0.15, 0.2) is 66.0 Å². The first-order valence-corrected chi connectivity index (χ1v) is 10.0. The lowest BCUT2D eigenvalue weighted by Crippen LogP contribution is -2.42. The van der Waals surface area contributed by atoms with Crippen molar-refractivity contribution in [1.82, 2.24) is 10.3 Å². The van der Waals surface area contributed by atoms with E-state index in [-0.39, 0.29) is 23.7 Å². The van der Waals surface area contributed by atoms with Gasteiger partial charge in [-0.05, 0) is 11.1 Å². The summed E-state index contributed by atoms with van der Waals surface area (Å²) >= 11 is 1.02. The molecule has 1 aromatic heterocycles. The van der Waals surface area contributed by atoms with Crippen molar-refractivity contribution >= 4 is 29.2 Å². The van der Waals surface area contributed by atoms with Gasteiger partial charge in [0.25, 0.3) is 0 Å². The molecule has 1 N–H and O–H groups in total. The Bertz CT molecular complexity index is 1000. The smallest absolute Gasteiger partial charge is 0.408 e. The minimum absolute atomic E-state index is 0.0518. The summed E-state index contributed by atoms with van der Waals surface area (Å²) in [5, 5.41) is 4.19. The lowest BCUT2D eigenvalue weighted by atomic mass is 10.0. The van der Waals surface area contributed by atoms with Crippen LogP contribution in [0.25, 0.3) is 0 Å². The summed E-state index contributed by atoms with van der Waals surface area (Å²) in [5.41, 5.74) is 1.75. The van der Waals surface area contributed by atoms with Crippen molar-refractivity contribution in [2.24, 2.45) is 0 Å². The van der Waals surface area contributed by atoms with Crippen molar-refractivity contribution in [3.05, 3.63) is 87.9 Å². The summed E-state index contributed by atoms with van der Waals surface area (Å²) in [7, 11) is 1.24. The Hall–Kier alpha value is -3.52. The summed E-state index contributed by atoms with van der Waals surface area (Å²) in [6.07, 6.45) is -0.453. The van der Waals surface area contributed by atoms with Gasteiger partial charge in [-0.25, -0.2) is 14.6 Å². The molecular formula is C22H20N2O5S. The van der Waals surface area contributed by atoms with Gasteiger partial charge in [0.1, 0.15) is 12.6 Å². The van der Waals surface area contributed by atoms with Crippen LogP contribution in [0.3, 0.4) is 0 Å². The summed E-state index contributed by atoms with van der Waals surface area (Å²) in [4.78, 5) is 41.0. The number of Topliss-reactive ketones (excluding diaryl/α,β-unsaturated/α-hetero) is 1. The van der Waals surface area contributed by atoms with Crippen LogP contribution in [-0.4, -0.2) is 36.0 Å². The maximum Gasteiger partial charge on any atom is 0.408 e. The minimum atomic E-state index is -0.896. The molecule has 3 aromatic rings. The summed E-state index contributed by atoms with van der Waals surface area (Å²) in [6, 6.07) is 17.6. The molecule has 0 fully saturated rings. The highest BCUT2D eigenvalue weighted by Crippen LogP contribution is 2.15. The molecule has 0 saturated heterocycles. The van der Waals surface area contributed by atoms with Gasteiger partial charge in [-0.3, -0.25) is 4.79 Å². The number of hydrogen-bond acceptors (Lipinski definition) is 7. The predicted molar refractivity (Wildman–Crippen MR) is 111 cm³/mol. The van der Waals surface area contributed by atoms with E-state index < -0.39 is 23.9 Å². The van der Waals surface area contributed by atoms with Crippen molar-refractivity contribution in [3.8, 4) is 0 Å². The fraction of sp³-hybridized carbons (Fsp3) is 0.182. The van der Waals surface area contributed by atoms with Crippen LogP contribution in [0.2, 0.25) is 0 Å². The lowest BCUT2D eigenvalue weighted by molar-refractivity contribution is 0.0594. The van der Waals surface area contributed by atoms with Gasteiger partial charge in [0.2, 0.25) is 5.78 Å². The van der Waals surface area contributed by atoms with E-state index in [1.807, 2.05) is 60.7 Å². The van der Waals surface area contributed by atoms with Crippen LogP contribution >= 0.6 is 11.3 Å². The van der Waals surface area contributed by atoms with Gasteiger partial charge in [0, 0.05) is 11.8 Å². The number of nitrogens with zero attached hydrogens (tertiary/aromatic N) is 1. The number of ether oxygens (including phenoxy) is 2. The number of rotatable bonds is 8. The molecule has 0 bridgehead atoms. The summed E-state index contributed by atoms with van der Waals surface area (Å²) in [5.74, 6) is -1.03. The number of thiazole rings is 1.